The number of alkyl carbamates (subject to hydrolysis) is 1. The topological polar surface area (TPSA) is 71.1 Å². The lowest BCUT2D eigenvalue weighted by atomic mass is 9.87. The van der Waals surface area contributed by atoms with E-state index >= 15 is 4.39 Å². The fourth-order valence-electron chi connectivity index (χ4n) is 5.85. The SMILES string of the molecule is CC(C)(C)OC(=O)N1C2CCC1CN(c1cc(F)c3c(c1Br)CCC(NC(=O)OCc1ccccc1)C3)C2. The van der Waals surface area contributed by atoms with Crippen molar-refractivity contribution in [2.75, 3.05) is 18.0 Å². The van der Waals surface area contributed by atoms with E-state index in [-0.39, 0.29) is 36.6 Å². The van der Waals surface area contributed by atoms with Gasteiger partial charge < -0.3 is 19.7 Å². The fraction of sp³-hybridized carbons (Fsp3) is 0.517. The van der Waals surface area contributed by atoms with Crippen LogP contribution in [0.4, 0.5) is 19.7 Å². The van der Waals surface area contributed by atoms with Gasteiger partial charge in [-0.05, 0) is 91.6 Å². The number of halogens is 2. The van der Waals surface area contributed by atoms with Gasteiger partial charge in [-0.1, -0.05) is 30.3 Å². The summed E-state index contributed by atoms with van der Waals surface area (Å²) in [5, 5.41) is 2.90. The van der Waals surface area contributed by atoms with E-state index in [4.69, 9.17) is 9.47 Å². The Morgan fingerprint density at radius 2 is 1.76 bits per heavy atom. The molecule has 1 aliphatic carbocycles. The number of carbonyl (C=O) groups is 2. The van der Waals surface area contributed by atoms with Crippen LogP contribution >= 0.6 is 15.9 Å². The maximum atomic E-state index is 15.5. The molecule has 9 heteroatoms. The van der Waals surface area contributed by atoms with Crippen molar-refractivity contribution in [2.45, 2.75) is 83.2 Å². The second-order valence-corrected chi connectivity index (χ2v) is 12.3. The predicted octanol–water partition coefficient (Wildman–Crippen LogP) is 5.96. The Morgan fingerprint density at radius 3 is 2.42 bits per heavy atom. The summed E-state index contributed by atoms with van der Waals surface area (Å²) in [5.41, 5.74) is 2.80. The summed E-state index contributed by atoms with van der Waals surface area (Å²) < 4.78 is 27.4. The number of fused-ring (bicyclic) bond motifs is 3. The number of carbonyl (C=O) groups excluding carboxylic acids is 2. The van der Waals surface area contributed by atoms with Gasteiger partial charge in [0.1, 0.15) is 18.0 Å². The van der Waals surface area contributed by atoms with Crippen molar-refractivity contribution in [3.8, 4) is 0 Å². The molecule has 2 aromatic carbocycles. The van der Waals surface area contributed by atoms with Crippen molar-refractivity contribution in [1.82, 2.24) is 10.2 Å². The molecular weight excluding hydrogens is 553 g/mol. The molecule has 2 fully saturated rings. The first kappa shape index (κ1) is 26.8. The molecule has 2 saturated heterocycles. The molecule has 1 N–H and O–H groups in total. The van der Waals surface area contributed by atoms with Crippen molar-refractivity contribution < 1.29 is 23.5 Å². The molecule has 0 spiro atoms. The number of ether oxygens (including phenoxy) is 2. The van der Waals surface area contributed by atoms with E-state index in [1.807, 2.05) is 56.0 Å². The van der Waals surface area contributed by atoms with Crippen LogP contribution in [0.3, 0.4) is 0 Å². The Bertz CT molecular complexity index is 1190. The van der Waals surface area contributed by atoms with Crippen LogP contribution in [0.2, 0.25) is 0 Å². The van der Waals surface area contributed by atoms with E-state index < -0.39 is 11.7 Å². The van der Waals surface area contributed by atoms with Crippen molar-refractivity contribution in [3.05, 3.63) is 63.4 Å². The Hall–Kier alpha value is -2.81. The zero-order chi connectivity index (χ0) is 27.0. The van der Waals surface area contributed by atoms with E-state index in [2.05, 4.69) is 26.1 Å². The fourth-order valence-corrected chi connectivity index (χ4v) is 6.65. The molecule has 0 saturated carbocycles. The third-order valence-electron chi connectivity index (χ3n) is 7.56. The van der Waals surface area contributed by atoms with Gasteiger partial charge in [0.25, 0.3) is 0 Å². The minimum atomic E-state index is -0.538. The van der Waals surface area contributed by atoms with Gasteiger partial charge in [-0.3, -0.25) is 4.90 Å². The third-order valence-corrected chi connectivity index (χ3v) is 8.45. The number of anilines is 1. The van der Waals surface area contributed by atoms with E-state index in [9.17, 15) is 9.59 Å². The Labute approximate surface area is 231 Å². The van der Waals surface area contributed by atoms with Crippen LogP contribution in [0.5, 0.6) is 0 Å². The second-order valence-electron chi connectivity index (χ2n) is 11.5. The summed E-state index contributed by atoms with van der Waals surface area (Å²) in [5.74, 6) is -0.260. The molecule has 204 valence electrons. The van der Waals surface area contributed by atoms with Gasteiger partial charge in [-0.25, -0.2) is 14.0 Å². The largest absolute Gasteiger partial charge is 0.445 e. The quantitative estimate of drug-likeness (QED) is 0.478. The number of nitrogens with zero attached hydrogens (tertiary/aromatic N) is 2. The highest BCUT2D eigenvalue weighted by atomic mass is 79.9. The summed E-state index contributed by atoms with van der Waals surface area (Å²) in [6.07, 6.45) is 2.84. The molecule has 0 radical (unpaired) electrons. The number of amides is 2. The average Bonchev–Trinajstić information content (AvgIpc) is 3.14. The summed E-state index contributed by atoms with van der Waals surface area (Å²) in [6, 6.07) is 11.0. The maximum Gasteiger partial charge on any atom is 0.410 e. The average molecular weight is 589 g/mol. The van der Waals surface area contributed by atoms with Crippen LogP contribution in [0.25, 0.3) is 0 Å². The maximum absolute atomic E-state index is 15.5. The standard InChI is InChI=1S/C29H35BrFN3O4/c1-29(2,3)38-28(36)34-20-10-11-21(34)16-33(15-20)25-14-24(31)23-13-19(9-12-22(23)26(25)30)32-27(35)37-17-18-7-5-4-6-8-18/h4-8,14,19-21H,9-13,15-17H2,1-3H3,(H,32,35). The molecule has 2 amide bonds. The van der Waals surface area contributed by atoms with Gasteiger partial charge in [0.05, 0.1) is 17.8 Å². The van der Waals surface area contributed by atoms with Crippen molar-refractivity contribution in [3.63, 3.8) is 0 Å². The van der Waals surface area contributed by atoms with Crippen LogP contribution in [-0.4, -0.2) is 53.9 Å². The Kier molecular flexibility index (Phi) is 7.58. The van der Waals surface area contributed by atoms with Crippen LogP contribution in [0, 0.1) is 5.82 Å². The molecule has 38 heavy (non-hydrogen) atoms. The number of hydrogen-bond acceptors (Lipinski definition) is 5. The number of nitrogens with one attached hydrogen (secondary N) is 1. The van der Waals surface area contributed by atoms with E-state index in [0.29, 0.717) is 37.9 Å². The molecule has 0 aromatic heterocycles. The molecule has 3 aliphatic rings. The minimum absolute atomic E-state index is 0.0464. The van der Waals surface area contributed by atoms with Crippen molar-refractivity contribution in [2.24, 2.45) is 0 Å². The van der Waals surface area contributed by atoms with Gasteiger partial charge in [0.2, 0.25) is 0 Å². The normalized spacial score (nSPS) is 22.6. The number of hydrogen-bond donors (Lipinski definition) is 1. The lowest BCUT2D eigenvalue weighted by Crippen LogP contribution is -2.57. The highest BCUT2D eigenvalue weighted by Crippen LogP contribution is 2.41. The zero-order valence-corrected chi connectivity index (χ0v) is 23.7. The van der Waals surface area contributed by atoms with Crippen LogP contribution in [-0.2, 0) is 28.9 Å². The summed E-state index contributed by atoms with van der Waals surface area (Å²) in [4.78, 5) is 29.3. The molecule has 5 rings (SSSR count). The first-order valence-electron chi connectivity index (χ1n) is 13.3. The molecule has 3 unspecified atom stereocenters. The molecule has 2 aromatic rings. The highest BCUT2D eigenvalue weighted by molar-refractivity contribution is 9.10. The first-order valence-corrected chi connectivity index (χ1v) is 14.1. The van der Waals surface area contributed by atoms with Crippen LogP contribution in [0.1, 0.15) is 56.7 Å². The Balaban J connectivity index is 1.24. The molecular formula is C29H35BrFN3O4. The number of benzene rings is 2. The van der Waals surface area contributed by atoms with E-state index in [1.165, 1.54) is 0 Å². The lowest BCUT2D eigenvalue weighted by molar-refractivity contribution is 0.0123. The molecule has 7 nitrogen and oxygen atoms in total. The van der Waals surface area contributed by atoms with Gasteiger partial charge in [0.15, 0.2) is 0 Å². The van der Waals surface area contributed by atoms with Gasteiger partial charge in [-0.15, -0.1) is 0 Å². The van der Waals surface area contributed by atoms with Gasteiger partial charge in [-0.2, -0.15) is 0 Å². The Morgan fingerprint density at radius 1 is 1.08 bits per heavy atom. The third kappa shape index (κ3) is 5.77. The highest BCUT2D eigenvalue weighted by Gasteiger charge is 2.45. The van der Waals surface area contributed by atoms with Crippen molar-refractivity contribution in [1.29, 1.82) is 0 Å². The smallest absolute Gasteiger partial charge is 0.410 e. The molecule has 3 atom stereocenters. The second kappa shape index (κ2) is 10.8. The summed E-state index contributed by atoms with van der Waals surface area (Å²) in [7, 11) is 0. The monoisotopic (exact) mass is 587 g/mol. The minimum Gasteiger partial charge on any atom is -0.445 e. The predicted molar refractivity (Wildman–Crippen MR) is 147 cm³/mol. The molecule has 2 aliphatic heterocycles. The van der Waals surface area contributed by atoms with Gasteiger partial charge >= 0.3 is 12.2 Å². The van der Waals surface area contributed by atoms with Crippen LogP contribution < -0.4 is 10.2 Å². The van der Waals surface area contributed by atoms with E-state index in [0.717, 1.165) is 34.1 Å². The summed E-state index contributed by atoms with van der Waals surface area (Å²) >= 11 is 3.78. The van der Waals surface area contributed by atoms with Crippen LogP contribution in [0.15, 0.2) is 40.9 Å². The van der Waals surface area contributed by atoms with E-state index in [1.54, 1.807) is 6.07 Å². The van der Waals surface area contributed by atoms with Gasteiger partial charge in [0, 0.05) is 23.6 Å². The first-order chi connectivity index (χ1) is 18.1. The number of rotatable bonds is 4. The molecule has 2 bridgehead atoms. The zero-order valence-electron chi connectivity index (χ0n) is 22.1. The molecule has 2 heterocycles. The number of piperazine rings is 1. The lowest BCUT2D eigenvalue weighted by Gasteiger charge is -2.43. The summed E-state index contributed by atoms with van der Waals surface area (Å²) in [6.45, 7) is 7.12. The van der Waals surface area contributed by atoms with Crippen molar-refractivity contribution >= 4 is 33.8 Å².